The van der Waals surface area contributed by atoms with Crippen molar-refractivity contribution in [3.05, 3.63) is 34.1 Å². The van der Waals surface area contributed by atoms with Crippen molar-refractivity contribution in [3.63, 3.8) is 0 Å². The van der Waals surface area contributed by atoms with E-state index in [1.165, 1.54) is 12.8 Å². The Balaban J connectivity index is 2.12. The minimum Gasteiger partial charge on any atom is -0.316 e. The van der Waals surface area contributed by atoms with Gasteiger partial charge in [0.2, 0.25) is 0 Å². The van der Waals surface area contributed by atoms with Gasteiger partial charge in [-0.05, 0) is 64.8 Å². The summed E-state index contributed by atoms with van der Waals surface area (Å²) in [5.41, 5.74) is 0.788. The molecule has 4 heteroatoms. The Morgan fingerprint density at radius 1 is 1.38 bits per heavy atom. The van der Waals surface area contributed by atoms with Crippen LogP contribution >= 0.6 is 15.9 Å². The van der Waals surface area contributed by atoms with Crippen LogP contribution in [0.25, 0.3) is 0 Å². The Morgan fingerprint density at radius 2 is 2.14 bits per heavy atom. The maximum Gasteiger partial charge on any atom is 0.129 e. The van der Waals surface area contributed by atoms with Gasteiger partial charge in [0.1, 0.15) is 5.82 Å². The summed E-state index contributed by atoms with van der Waals surface area (Å²) in [6, 6.07) is 5.89. The van der Waals surface area contributed by atoms with Crippen LogP contribution in [0.2, 0.25) is 0 Å². The van der Waals surface area contributed by atoms with E-state index in [4.69, 9.17) is 0 Å². The van der Waals surface area contributed by atoms with E-state index >= 15 is 0 Å². The van der Waals surface area contributed by atoms with Crippen molar-refractivity contribution in [2.24, 2.45) is 5.92 Å². The van der Waals surface area contributed by atoms with Crippen LogP contribution in [0.5, 0.6) is 0 Å². The smallest absolute Gasteiger partial charge is 0.129 e. The zero-order valence-corrected chi connectivity index (χ0v) is 14.8. The summed E-state index contributed by atoms with van der Waals surface area (Å²) < 4.78 is 15.0. The molecule has 0 aromatic heterocycles. The third-order valence-corrected chi connectivity index (χ3v) is 4.93. The molecule has 1 fully saturated rings. The van der Waals surface area contributed by atoms with Gasteiger partial charge in [-0.15, -0.1) is 0 Å². The summed E-state index contributed by atoms with van der Waals surface area (Å²) in [6.45, 7) is 9.75. The van der Waals surface area contributed by atoms with E-state index in [1.807, 2.05) is 12.1 Å². The van der Waals surface area contributed by atoms with Crippen molar-refractivity contribution in [1.29, 1.82) is 0 Å². The molecule has 2 rings (SSSR count). The maximum absolute atomic E-state index is 14.2. The highest BCUT2D eigenvalue weighted by Gasteiger charge is 2.25. The molecule has 1 aromatic carbocycles. The number of hydrogen-bond donors (Lipinski definition) is 1. The summed E-state index contributed by atoms with van der Waals surface area (Å²) in [5.74, 6) is 0.548. The van der Waals surface area contributed by atoms with E-state index in [9.17, 15) is 4.39 Å². The number of piperidine rings is 1. The van der Waals surface area contributed by atoms with Gasteiger partial charge < -0.3 is 5.32 Å². The first-order valence-electron chi connectivity index (χ1n) is 7.90. The summed E-state index contributed by atoms with van der Waals surface area (Å²) in [6.07, 6.45) is 2.52. The molecule has 1 aliphatic rings. The minimum absolute atomic E-state index is 0.0972. The van der Waals surface area contributed by atoms with Crippen LogP contribution in [0, 0.1) is 11.7 Å². The van der Waals surface area contributed by atoms with E-state index in [0.29, 0.717) is 12.0 Å². The Kier molecular flexibility index (Phi) is 6.20. The molecule has 0 amide bonds. The fraction of sp³-hybridized carbons (Fsp3) is 0.647. The molecule has 1 N–H and O–H groups in total. The zero-order valence-electron chi connectivity index (χ0n) is 13.2. The Hall–Kier alpha value is -0.450. The van der Waals surface area contributed by atoms with Gasteiger partial charge in [-0.3, -0.25) is 4.90 Å². The molecule has 1 aromatic rings. The number of hydrogen-bond acceptors (Lipinski definition) is 2. The highest BCUT2D eigenvalue weighted by atomic mass is 79.9. The fourth-order valence-electron chi connectivity index (χ4n) is 3.21. The number of rotatable bonds is 5. The van der Waals surface area contributed by atoms with Gasteiger partial charge >= 0.3 is 0 Å². The summed E-state index contributed by atoms with van der Waals surface area (Å²) in [4.78, 5) is 2.42. The standard InChI is InChI=1S/C17H26BrFN2/c1-12(2)21(11-14-5-4-8-20-10-14)13(3)16-7-6-15(18)9-17(16)19/h6-7,9,12-14,20H,4-5,8,10-11H2,1-3H3. The fourth-order valence-corrected chi connectivity index (χ4v) is 3.55. The van der Waals surface area contributed by atoms with Crippen LogP contribution in [-0.4, -0.2) is 30.6 Å². The molecular formula is C17H26BrFN2. The van der Waals surface area contributed by atoms with Gasteiger partial charge in [-0.25, -0.2) is 4.39 Å². The summed E-state index contributed by atoms with van der Waals surface area (Å²) in [7, 11) is 0. The first kappa shape index (κ1) is 16.9. The average molecular weight is 357 g/mol. The van der Waals surface area contributed by atoms with Crippen LogP contribution in [-0.2, 0) is 0 Å². The van der Waals surface area contributed by atoms with Crippen molar-refractivity contribution in [1.82, 2.24) is 10.2 Å². The van der Waals surface area contributed by atoms with Gasteiger partial charge in [0.25, 0.3) is 0 Å². The predicted octanol–water partition coefficient (Wildman–Crippen LogP) is 4.36. The predicted molar refractivity (Wildman–Crippen MR) is 90.0 cm³/mol. The lowest BCUT2D eigenvalue weighted by Crippen LogP contribution is -2.42. The van der Waals surface area contributed by atoms with Crippen LogP contribution in [0.15, 0.2) is 22.7 Å². The molecule has 2 atom stereocenters. The molecule has 1 saturated heterocycles. The third-order valence-electron chi connectivity index (χ3n) is 4.44. The molecule has 0 bridgehead atoms. The van der Waals surface area contributed by atoms with Gasteiger partial charge in [0.15, 0.2) is 0 Å². The van der Waals surface area contributed by atoms with Gasteiger partial charge in [0, 0.05) is 28.7 Å². The highest BCUT2D eigenvalue weighted by molar-refractivity contribution is 9.10. The summed E-state index contributed by atoms with van der Waals surface area (Å²) >= 11 is 3.33. The first-order chi connectivity index (χ1) is 9.99. The average Bonchev–Trinajstić information content (AvgIpc) is 2.45. The lowest BCUT2D eigenvalue weighted by atomic mass is 9.96. The molecule has 1 heterocycles. The molecule has 0 aliphatic carbocycles. The lowest BCUT2D eigenvalue weighted by molar-refractivity contribution is 0.124. The van der Waals surface area contributed by atoms with Crippen molar-refractivity contribution >= 4 is 15.9 Å². The second-order valence-electron chi connectivity index (χ2n) is 6.34. The van der Waals surface area contributed by atoms with E-state index in [-0.39, 0.29) is 11.9 Å². The molecule has 21 heavy (non-hydrogen) atoms. The second kappa shape index (κ2) is 7.70. The largest absolute Gasteiger partial charge is 0.316 e. The van der Waals surface area contributed by atoms with Crippen LogP contribution < -0.4 is 5.32 Å². The van der Waals surface area contributed by atoms with E-state index < -0.39 is 0 Å². The number of nitrogens with zero attached hydrogens (tertiary/aromatic N) is 1. The SMILES string of the molecule is CC(C)N(CC1CCCNC1)C(C)c1ccc(Br)cc1F. The maximum atomic E-state index is 14.2. The van der Waals surface area contributed by atoms with Crippen molar-refractivity contribution in [3.8, 4) is 0 Å². The quantitative estimate of drug-likeness (QED) is 0.842. The number of halogens is 2. The van der Waals surface area contributed by atoms with E-state index in [0.717, 1.165) is 29.7 Å². The van der Waals surface area contributed by atoms with Crippen LogP contribution in [0.1, 0.15) is 45.2 Å². The number of nitrogens with one attached hydrogen (secondary N) is 1. The highest BCUT2D eigenvalue weighted by Crippen LogP contribution is 2.28. The third kappa shape index (κ3) is 4.51. The lowest BCUT2D eigenvalue weighted by Gasteiger charge is -2.37. The molecule has 0 saturated carbocycles. The summed E-state index contributed by atoms with van der Waals surface area (Å²) in [5, 5.41) is 3.47. The van der Waals surface area contributed by atoms with Crippen LogP contribution in [0.3, 0.4) is 0 Å². The molecule has 0 radical (unpaired) electrons. The zero-order chi connectivity index (χ0) is 15.4. The molecule has 2 nitrogen and oxygen atoms in total. The van der Waals surface area contributed by atoms with Gasteiger partial charge in [-0.2, -0.15) is 0 Å². The minimum atomic E-state index is -0.121. The first-order valence-corrected chi connectivity index (χ1v) is 8.69. The monoisotopic (exact) mass is 356 g/mol. The Bertz CT molecular complexity index is 458. The van der Waals surface area contributed by atoms with E-state index in [2.05, 4.69) is 46.9 Å². The van der Waals surface area contributed by atoms with Crippen LogP contribution in [0.4, 0.5) is 4.39 Å². The molecule has 1 aliphatic heterocycles. The molecule has 0 spiro atoms. The van der Waals surface area contributed by atoms with Crippen molar-refractivity contribution in [2.75, 3.05) is 19.6 Å². The molecular weight excluding hydrogens is 331 g/mol. The Labute approximate surface area is 136 Å². The van der Waals surface area contributed by atoms with Crippen molar-refractivity contribution in [2.45, 2.75) is 45.7 Å². The molecule has 118 valence electrons. The van der Waals surface area contributed by atoms with E-state index in [1.54, 1.807) is 6.07 Å². The van der Waals surface area contributed by atoms with Gasteiger partial charge in [0.05, 0.1) is 0 Å². The topological polar surface area (TPSA) is 15.3 Å². The second-order valence-corrected chi connectivity index (χ2v) is 7.26. The van der Waals surface area contributed by atoms with Crippen molar-refractivity contribution < 1.29 is 4.39 Å². The normalized spacial score (nSPS) is 21.0. The van der Waals surface area contributed by atoms with Gasteiger partial charge in [-0.1, -0.05) is 22.0 Å². The number of benzene rings is 1. The Morgan fingerprint density at radius 3 is 2.71 bits per heavy atom. The molecule has 2 unspecified atom stereocenters.